The van der Waals surface area contributed by atoms with Gasteiger partial charge in [-0.25, -0.2) is 4.98 Å². The van der Waals surface area contributed by atoms with Gasteiger partial charge >= 0.3 is 0 Å². The Morgan fingerprint density at radius 1 is 1.12 bits per heavy atom. The van der Waals surface area contributed by atoms with Crippen LogP contribution in [0.2, 0.25) is 0 Å². The lowest BCUT2D eigenvalue weighted by Gasteiger charge is -2.32. The summed E-state index contributed by atoms with van der Waals surface area (Å²) in [6, 6.07) is 7.74. The third-order valence-electron chi connectivity index (χ3n) is 5.75. The van der Waals surface area contributed by atoms with Crippen molar-refractivity contribution in [1.29, 1.82) is 0 Å². The molecule has 1 saturated heterocycles. The number of thiazole rings is 1. The predicted octanol–water partition coefficient (Wildman–Crippen LogP) is 3.90. The van der Waals surface area contributed by atoms with Crippen LogP contribution in [0, 0.1) is 20.8 Å². The molecule has 4 rings (SSSR count). The van der Waals surface area contributed by atoms with Crippen LogP contribution in [0.3, 0.4) is 0 Å². The predicted molar refractivity (Wildman–Crippen MR) is 125 cm³/mol. The van der Waals surface area contributed by atoms with Gasteiger partial charge in [-0.2, -0.15) is 0 Å². The van der Waals surface area contributed by atoms with Crippen molar-refractivity contribution in [3.63, 3.8) is 0 Å². The average Bonchev–Trinajstić information content (AvgIpc) is 3.15. The maximum Gasteiger partial charge on any atom is 0.269 e. The molecule has 7 nitrogen and oxygen atoms in total. The van der Waals surface area contributed by atoms with Crippen molar-refractivity contribution < 1.29 is 9.59 Å². The second-order valence-corrected chi connectivity index (χ2v) is 9.37. The first-order valence-corrected chi connectivity index (χ1v) is 11.6. The maximum atomic E-state index is 13.1. The molecule has 8 heteroatoms. The van der Waals surface area contributed by atoms with Crippen molar-refractivity contribution in [3.05, 3.63) is 63.1 Å². The number of hydrogen-bond acceptors (Lipinski definition) is 6. The summed E-state index contributed by atoms with van der Waals surface area (Å²) in [7, 11) is 1.59. The SMILES string of the molecule is CNC(=O)c1ccc(-c2cc(C)nc(C3CCCN(C(=O)c4sc(C)nc4C)C3)c2)cn1. The van der Waals surface area contributed by atoms with Crippen LogP contribution in [0.5, 0.6) is 0 Å². The van der Waals surface area contributed by atoms with Gasteiger partial charge in [-0.15, -0.1) is 11.3 Å². The van der Waals surface area contributed by atoms with E-state index in [0.29, 0.717) is 12.2 Å². The number of piperidine rings is 1. The molecule has 0 aromatic carbocycles. The zero-order valence-electron chi connectivity index (χ0n) is 18.8. The number of nitrogens with one attached hydrogen (secondary N) is 1. The quantitative estimate of drug-likeness (QED) is 0.653. The fourth-order valence-corrected chi connectivity index (χ4v) is 5.06. The van der Waals surface area contributed by atoms with Gasteiger partial charge in [-0.1, -0.05) is 6.07 Å². The van der Waals surface area contributed by atoms with E-state index in [2.05, 4.69) is 21.4 Å². The minimum absolute atomic E-state index is 0.0691. The molecule has 1 unspecified atom stereocenters. The summed E-state index contributed by atoms with van der Waals surface area (Å²) >= 11 is 1.47. The van der Waals surface area contributed by atoms with Crippen molar-refractivity contribution in [1.82, 2.24) is 25.2 Å². The Hall–Kier alpha value is -3.13. The summed E-state index contributed by atoms with van der Waals surface area (Å²) in [6.07, 6.45) is 3.66. The number of nitrogens with zero attached hydrogens (tertiary/aromatic N) is 4. The van der Waals surface area contributed by atoms with Crippen LogP contribution in [-0.2, 0) is 0 Å². The third kappa shape index (κ3) is 4.55. The molecule has 3 aromatic heterocycles. The largest absolute Gasteiger partial charge is 0.354 e. The Morgan fingerprint density at radius 3 is 2.59 bits per heavy atom. The maximum absolute atomic E-state index is 13.1. The minimum Gasteiger partial charge on any atom is -0.354 e. The van der Waals surface area contributed by atoms with Gasteiger partial charge in [0.25, 0.3) is 11.8 Å². The van der Waals surface area contributed by atoms with E-state index in [4.69, 9.17) is 4.98 Å². The lowest BCUT2D eigenvalue weighted by molar-refractivity contribution is 0.0709. The summed E-state index contributed by atoms with van der Waals surface area (Å²) in [6.45, 7) is 7.22. The molecule has 4 heterocycles. The molecule has 0 spiro atoms. The van der Waals surface area contributed by atoms with E-state index in [1.807, 2.05) is 37.8 Å². The topological polar surface area (TPSA) is 88.1 Å². The highest BCUT2D eigenvalue weighted by molar-refractivity contribution is 7.13. The van der Waals surface area contributed by atoms with Gasteiger partial charge in [-0.05, 0) is 57.4 Å². The molecule has 3 aromatic rings. The molecule has 32 heavy (non-hydrogen) atoms. The first kappa shape index (κ1) is 22.1. The fourth-order valence-electron chi connectivity index (χ4n) is 4.17. The minimum atomic E-state index is -0.207. The van der Waals surface area contributed by atoms with E-state index >= 15 is 0 Å². The van der Waals surface area contributed by atoms with Gasteiger partial charge in [-0.3, -0.25) is 19.6 Å². The zero-order valence-corrected chi connectivity index (χ0v) is 19.6. The summed E-state index contributed by atoms with van der Waals surface area (Å²) in [4.78, 5) is 41.1. The molecule has 1 aliphatic heterocycles. The standard InChI is InChI=1S/C24H27N5O2S/c1-14-10-19(17-7-8-20(26-12-17)23(30)25-4)11-21(27-14)18-6-5-9-29(13-18)24(31)22-15(2)28-16(3)32-22/h7-8,10-12,18H,5-6,9,13H2,1-4H3,(H,25,30). The highest BCUT2D eigenvalue weighted by Gasteiger charge is 2.28. The van der Waals surface area contributed by atoms with Crippen molar-refractivity contribution in [2.45, 2.75) is 39.5 Å². The lowest BCUT2D eigenvalue weighted by Crippen LogP contribution is -2.39. The Labute approximate surface area is 191 Å². The molecule has 166 valence electrons. The zero-order chi connectivity index (χ0) is 22.8. The molecule has 0 radical (unpaired) electrons. The van der Waals surface area contributed by atoms with Crippen LogP contribution >= 0.6 is 11.3 Å². The normalized spacial score (nSPS) is 16.1. The lowest BCUT2D eigenvalue weighted by atomic mass is 9.92. The summed E-state index contributed by atoms with van der Waals surface area (Å²) in [5, 5.41) is 3.50. The molecule has 0 saturated carbocycles. The average molecular weight is 450 g/mol. The number of carbonyl (C=O) groups excluding carboxylic acids is 2. The molecule has 2 amide bonds. The smallest absolute Gasteiger partial charge is 0.269 e. The summed E-state index contributed by atoms with van der Waals surface area (Å²) in [5.41, 5.74) is 5.06. The van der Waals surface area contributed by atoms with Gasteiger partial charge < -0.3 is 10.2 Å². The molecule has 1 fully saturated rings. The molecule has 1 atom stereocenters. The second-order valence-electron chi connectivity index (χ2n) is 8.17. The Kier molecular flexibility index (Phi) is 6.32. The van der Waals surface area contributed by atoms with Crippen LogP contribution in [0.1, 0.15) is 61.0 Å². The van der Waals surface area contributed by atoms with Crippen LogP contribution in [0.15, 0.2) is 30.5 Å². The second kappa shape index (κ2) is 9.16. The Balaban J connectivity index is 1.57. The number of pyridine rings is 2. The van der Waals surface area contributed by atoms with E-state index in [1.54, 1.807) is 19.3 Å². The number of hydrogen-bond donors (Lipinski definition) is 1. The Morgan fingerprint density at radius 2 is 1.94 bits per heavy atom. The summed E-state index contributed by atoms with van der Waals surface area (Å²) in [5.74, 6) is 0.0416. The number of rotatable bonds is 4. The summed E-state index contributed by atoms with van der Waals surface area (Å²) < 4.78 is 0. The van der Waals surface area contributed by atoms with Gasteiger partial charge in [0.1, 0.15) is 10.6 Å². The molecule has 0 aliphatic carbocycles. The van der Waals surface area contributed by atoms with E-state index in [1.165, 1.54) is 11.3 Å². The van der Waals surface area contributed by atoms with Gasteiger partial charge in [0, 0.05) is 49.2 Å². The number of carbonyl (C=O) groups is 2. The van der Waals surface area contributed by atoms with Crippen LogP contribution in [-0.4, -0.2) is 51.8 Å². The first-order valence-electron chi connectivity index (χ1n) is 10.8. The number of aromatic nitrogens is 3. The van der Waals surface area contributed by atoms with E-state index in [-0.39, 0.29) is 17.7 Å². The molecule has 0 bridgehead atoms. The molecule has 1 aliphatic rings. The fraction of sp³-hybridized carbons (Fsp3) is 0.375. The molecular weight excluding hydrogens is 422 g/mol. The van der Waals surface area contributed by atoms with E-state index < -0.39 is 0 Å². The van der Waals surface area contributed by atoms with Crippen LogP contribution in [0.25, 0.3) is 11.1 Å². The highest BCUT2D eigenvalue weighted by atomic mass is 32.1. The first-order chi connectivity index (χ1) is 15.4. The van der Waals surface area contributed by atoms with Crippen molar-refractivity contribution in [3.8, 4) is 11.1 Å². The van der Waals surface area contributed by atoms with Gasteiger partial charge in [0.2, 0.25) is 0 Å². The number of amides is 2. The van der Waals surface area contributed by atoms with Gasteiger partial charge in [0.05, 0.1) is 10.7 Å². The molecular formula is C24H27N5O2S. The molecule has 1 N–H and O–H groups in total. The van der Waals surface area contributed by atoms with E-state index in [0.717, 1.165) is 57.5 Å². The van der Waals surface area contributed by atoms with Crippen molar-refractivity contribution >= 4 is 23.2 Å². The Bertz CT molecular complexity index is 1160. The number of aryl methyl sites for hydroxylation is 3. The van der Waals surface area contributed by atoms with E-state index in [9.17, 15) is 9.59 Å². The monoisotopic (exact) mass is 449 g/mol. The van der Waals surface area contributed by atoms with Crippen molar-refractivity contribution in [2.75, 3.05) is 20.1 Å². The van der Waals surface area contributed by atoms with Crippen LogP contribution in [0.4, 0.5) is 0 Å². The highest BCUT2D eigenvalue weighted by Crippen LogP contribution is 2.31. The number of likely N-dealkylation sites (tertiary alicyclic amines) is 1. The van der Waals surface area contributed by atoms with Gasteiger partial charge in [0.15, 0.2) is 0 Å². The third-order valence-corrected chi connectivity index (χ3v) is 6.82. The van der Waals surface area contributed by atoms with Crippen molar-refractivity contribution in [2.24, 2.45) is 0 Å². The van der Waals surface area contributed by atoms with Crippen LogP contribution < -0.4 is 5.32 Å².